The Hall–Kier alpha value is -0.590. The topological polar surface area (TPSA) is 20.2 Å². The molecule has 0 atom stereocenters. The summed E-state index contributed by atoms with van der Waals surface area (Å²) in [7, 11) is 0. The fraction of sp³-hybridized carbons (Fsp3) is 0.500. The van der Waals surface area contributed by atoms with E-state index in [2.05, 4.69) is 6.92 Å². The van der Waals surface area contributed by atoms with Crippen molar-refractivity contribution in [3.05, 3.63) is 18.8 Å². The smallest absolute Gasteiger partial charge is 0.0886 e. The molecule has 0 aromatic carbocycles. The number of hydrogen-bond acceptors (Lipinski definition) is 1. The summed E-state index contributed by atoms with van der Waals surface area (Å²) in [5.74, 6) is 0.392. The maximum atomic E-state index is 8.52. The molecule has 0 saturated carbocycles. The number of hydrogen-bond donors (Lipinski definition) is 1. The van der Waals surface area contributed by atoms with Gasteiger partial charge in [-0.1, -0.05) is 0 Å². The number of aliphatic hydroxyl groups excluding tert-OH is 1. The van der Waals surface area contributed by atoms with Crippen LogP contribution in [0.1, 0.15) is 19.8 Å². The van der Waals surface area contributed by atoms with Gasteiger partial charge in [0.1, 0.15) is 0 Å². The lowest BCUT2D eigenvalue weighted by Gasteiger charge is -1.81. The van der Waals surface area contributed by atoms with Crippen molar-refractivity contribution in [2.75, 3.05) is 0 Å². The van der Waals surface area contributed by atoms with Crippen molar-refractivity contribution in [2.24, 2.45) is 0 Å². The van der Waals surface area contributed by atoms with Crippen LogP contribution in [0, 0.1) is 6.92 Å². The van der Waals surface area contributed by atoms with Gasteiger partial charge in [-0.25, -0.2) is 0 Å². The van der Waals surface area contributed by atoms with Gasteiger partial charge in [-0.2, -0.15) is 0 Å². The van der Waals surface area contributed by atoms with Gasteiger partial charge >= 0.3 is 0 Å². The molecular formula is C6H11O+. The fourth-order valence-electron chi connectivity index (χ4n) is 0.311. The normalized spacial score (nSPS) is 11.9. The average molecular weight is 99.2 g/mol. The second-order valence-electron chi connectivity index (χ2n) is 1.49. The van der Waals surface area contributed by atoms with Gasteiger partial charge in [-0.3, -0.25) is 0 Å². The molecule has 0 aliphatic rings. The van der Waals surface area contributed by atoms with Gasteiger partial charge < -0.3 is 5.11 Å². The van der Waals surface area contributed by atoms with Gasteiger partial charge in [-0.05, 0) is 13.0 Å². The molecule has 0 aliphatic heterocycles. The van der Waals surface area contributed by atoms with E-state index in [1.165, 1.54) is 0 Å². The molecule has 0 radical (unpaired) electrons. The number of rotatable bonds is 2. The highest BCUT2D eigenvalue weighted by atomic mass is 16.3. The predicted octanol–water partition coefficient (Wildman–Crippen LogP) is 2.06. The van der Waals surface area contributed by atoms with E-state index in [-0.39, 0.29) is 0 Å². The quantitative estimate of drug-likeness (QED) is 0.415. The van der Waals surface area contributed by atoms with Crippen molar-refractivity contribution in [1.82, 2.24) is 0 Å². The van der Waals surface area contributed by atoms with Crippen molar-refractivity contribution < 1.29 is 5.11 Å². The average Bonchev–Trinajstić information content (AvgIpc) is 1.61. The molecule has 0 saturated heterocycles. The Labute approximate surface area is 44.7 Å². The molecule has 0 heterocycles. The second kappa shape index (κ2) is 3.59. The summed E-state index contributed by atoms with van der Waals surface area (Å²) >= 11 is 0. The van der Waals surface area contributed by atoms with E-state index in [0.29, 0.717) is 5.76 Å². The molecule has 0 fully saturated rings. The van der Waals surface area contributed by atoms with Crippen LogP contribution in [0.4, 0.5) is 0 Å². The van der Waals surface area contributed by atoms with Crippen LogP contribution in [0.3, 0.4) is 0 Å². The predicted molar refractivity (Wildman–Crippen MR) is 31.0 cm³/mol. The van der Waals surface area contributed by atoms with Gasteiger partial charge in [-0.15, -0.1) is 0 Å². The monoisotopic (exact) mass is 99.1 g/mol. The Morgan fingerprint density at radius 2 is 2.43 bits per heavy atom. The molecule has 0 amide bonds. The van der Waals surface area contributed by atoms with Gasteiger partial charge in [0.25, 0.3) is 0 Å². The van der Waals surface area contributed by atoms with Crippen molar-refractivity contribution in [2.45, 2.75) is 19.8 Å². The van der Waals surface area contributed by atoms with Crippen LogP contribution in [0.5, 0.6) is 0 Å². The first-order chi connectivity index (χ1) is 3.27. The minimum absolute atomic E-state index is 0.392. The van der Waals surface area contributed by atoms with E-state index < -0.39 is 0 Å². The van der Waals surface area contributed by atoms with Crippen LogP contribution in [0.15, 0.2) is 11.8 Å². The molecule has 1 heteroatoms. The first kappa shape index (κ1) is 6.41. The summed E-state index contributed by atoms with van der Waals surface area (Å²) in [4.78, 5) is 0. The molecule has 0 aromatic heterocycles. The van der Waals surface area contributed by atoms with E-state index in [1.807, 2.05) is 0 Å². The summed E-state index contributed by atoms with van der Waals surface area (Å²) in [6.45, 7) is 5.26. The third-order valence-electron chi connectivity index (χ3n) is 0.644. The van der Waals surface area contributed by atoms with Crippen LogP contribution in [0.2, 0.25) is 0 Å². The van der Waals surface area contributed by atoms with E-state index in [0.717, 1.165) is 12.8 Å². The highest BCUT2D eigenvalue weighted by Gasteiger charge is 1.79. The summed E-state index contributed by atoms with van der Waals surface area (Å²) in [5.41, 5.74) is 0. The van der Waals surface area contributed by atoms with E-state index in [4.69, 9.17) is 5.11 Å². The lowest BCUT2D eigenvalue weighted by Crippen LogP contribution is -1.68. The van der Waals surface area contributed by atoms with E-state index in [1.54, 1.807) is 13.0 Å². The Morgan fingerprint density at radius 3 is 2.57 bits per heavy atom. The lowest BCUT2D eigenvalue weighted by molar-refractivity contribution is 0.411. The minimum Gasteiger partial charge on any atom is -0.513 e. The minimum atomic E-state index is 0.392. The number of allylic oxidation sites excluding steroid dienone is 2. The van der Waals surface area contributed by atoms with Crippen LogP contribution >= 0.6 is 0 Å². The standard InChI is InChI=1S/C6H10O/c1-3-4-5-6(2)7/h5H,1,3-4H2,2H3/p+1/b6-5+. The SMILES string of the molecule is [CH2+]CC/C=C(\C)O. The first-order valence-electron chi connectivity index (χ1n) is 2.42. The molecule has 7 heavy (non-hydrogen) atoms. The highest BCUT2D eigenvalue weighted by molar-refractivity contribution is 4.85. The molecule has 0 unspecified atom stereocenters. The van der Waals surface area contributed by atoms with Gasteiger partial charge in [0, 0.05) is 6.42 Å². The Kier molecular flexibility index (Phi) is 3.29. The molecule has 0 spiro atoms. The molecule has 0 aliphatic carbocycles. The summed E-state index contributed by atoms with van der Waals surface area (Å²) in [6.07, 6.45) is 3.49. The largest absolute Gasteiger partial charge is 0.513 e. The highest BCUT2D eigenvalue weighted by Crippen LogP contribution is 1.91. The van der Waals surface area contributed by atoms with Gasteiger partial charge in [0.05, 0.1) is 19.1 Å². The van der Waals surface area contributed by atoms with Crippen LogP contribution in [0.25, 0.3) is 0 Å². The molecule has 40 valence electrons. The molecule has 0 aromatic rings. The van der Waals surface area contributed by atoms with Crippen LogP contribution < -0.4 is 0 Å². The zero-order chi connectivity index (χ0) is 5.70. The maximum absolute atomic E-state index is 8.52. The number of unbranched alkanes of at least 4 members (excludes halogenated alkanes) is 1. The lowest BCUT2D eigenvalue weighted by atomic mass is 10.3. The zero-order valence-electron chi connectivity index (χ0n) is 4.65. The second-order valence-corrected chi connectivity index (χ2v) is 1.49. The third-order valence-corrected chi connectivity index (χ3v) is 0.644. The van der Waals surface area contributed by atoms with Crippen LogP contribution in [-0.2, 0) is 0 Å². The molecule has 0 rings (SSSR count). The van der Waals surface area contributed by atoms with Crippen molar-refractivity contribution in [3.8, 4) is 0 Å². The Balaban J connectivity index is 3.08. The van der Waals surface area contributed by atoms with E-state index in [9.17, 15) is 0 Å². The van der Waals surface area contributed by atoms with Gasteiger partial charge in [0.2, 0.25) is 0 Å². The summed E-state index contributed by atoms with van der Waals surface area (Å²) < 4.78 is 0. The molecular weight excluding hydrogens is 88.1 g/mol. The third kappa shape index (κ3) is 5.41. The number of aliphatic hydroxyl groups is 1. The Bertz CT molecular complexity index is 60.6. The fourth-order valence-corrected chi connectivity index (χ4v) is 0.311. The van der Waals surface area contributed by atoms with Gasteiger partial charge in [0.15, 0.2) is 0 Å². The zero-order valence-corrected chi connectivity index (χ0v) is 4.65. The van der Waals surface area contributed by atoms with Crippen LogP contribution in [-0.4, -0.2) is 5.11 Å². The molecule has 1 N–H and O–H groups in total. The maximum Gasteiger partial charge on any atom is 0.0886 e. The summed E-state index contributed by atoms with van der Waals surface area (Å²) in [5, 5.41) is 8.52. The molecule has 0 bridgehead atoms. The van der Waals surface area contributed by atoms with Crippen molar-refractivity contribution >= 4 is 0 Å². The molecule has 1 nitrogen and oxygen atoms in total. The van der Waals surface area contributed by atoms with Crippen molar-refractivity contribution in [1.29, 1.82) is 0 Å². The first-order valence-corrected chi connectivity index (χ1v) is 2.42. The summed E-state index contributed by atoms with van der Waals surface area (Å²) in [6, 6.07) is 0. The Morgan fingerprint density at radius 1 is 1.86 bits per heavy atom. The van der Waals surface area contributed by atoms with E-state index >= 15 is 0 Å². The van der Waals surface area contributed by atoms with Crippen molar-refractivity contribution in [3.63, 3.8) is 0 Å².